The van der Waals surface area contributed by atoms with E-state index in [-0.39, 0.29) is 55.1 Å². The molecule has 1 aliphatic heterocycles. The van der Waals surface area contributed by atoms with E-state index in [4.69, 9.17) is 9.47 Å². The Kier molecular flexibility index (Phi) is 7.55. The highest BCUT2D eigenvalue weighted by Gasteiger charge is 2.54. The van der Waals surface area contributed by atoms with Crippen LogP contribution in [0.4, 0.5) is 9.18 Å². The summed E-state index contributed by atoms with van der Waals surface area (Å²) in [4.78, 5) is 24.7. The van der Waals surface area contributed by atoms with E-state index in [9.17, 15) is 14.0 Å². The van der Waals surface area contributed by atoms with Gasteiger partial charge in [0.05, 0.1) is 12.5 Å². The molecule has 1 heterocycles. The van der Waals surface area contributed by atoms with Crippen LogP contribution in [0.3, 0.4) is 0 Å². The minimum Gasteiger partial charge on any atom is -0.462 e. The number of carbonyl (C=O) groups is 2. The smallest absolute Gasteiger partial charge is 0.407 e. The lowest BCUT2D eigenvalue weighted by atomic mass is 9.57. The van der Waals surface area contributed by atoms with Crippen LogP contribution in [0.25, 0.3) is 5.57 Å². The molecule has 5 nitrogen and oxygen atoms in total. The van der Waals surface area contributed by atoms with Gasteiger partial charge in [-0.1, -0.05) is 43.4 Å². The average Bonchev–Trinajstić information content (AvgIpc) is 3.14. The fourth-order valence-electron chi connectivity index (χ4n) is 7.39. The molecule has 3 aliphatic carbocycles. The molecule has 2 saturated carbocycles. The summed E-state index contributed by atoms with van der Waals surface area (Å²) in [5.41, 5.74) is 3.35. The summed E-state index contributed by atoms with van der Waals surface area (Å²) in [6, 6.07) is 6.89. The van der Waals surface area contributed by atoms with Gasteiger partial charge in [-0.2, -0.15) is 0 Å². The number of esters is 1. The second-order valence-electron chi connectivity index (χ2n) is 11.3. The third-order valence-corrected chi connectivity index (χ3v) is 8.99. The molecule has 200 valence electrons. The van der Waals surface area contributed by atoms with Gasteiger partial charge in [-0.3, -0.25) is 4.79 Å². The van der Waals surface area contributed by atoms with Crippen LogP contribution in [0.1, 0.15) is 59.9 Å². The predicted octanol–water partition coefficient (Wildman–Crippen LogP) is 6.71. The first-order valence-electron chi connectivity index (χ1n) is 13.8. The van der Waals surface area contributed by atoms with Crippen molar-refractivity contribution in [2.45, 2.75) is 65.0 Å². The van der Waals surface area contributed by atoms with E-state index < -0.39 is 0 Å². The highest BCUT2D eigenvalue weighted by molar-refractivity contribution is 5.75. The molecule has 1 unspecified atom stereocenters. The Morgan fingerprint density at radius 2 is 2.08 bits per heavy atom. The van der Waals surface area contributed by atoms with Crippen LogP contribution in [0, 0.1) is 41.3 Å². The van der Waals surface area contributed by atoms with Crippen LogP contribution in [-0.4, -0.2) is 30.8 Å². The van der Waals surface area contributed by atoms with E-state index in [0.717, 1.165) is 43.2 Å². The van der Waals surface area contributed by atoms with Gasteiger partial charge in [-0.25, -0.2) is 9.18 Å². The number of allylic oxidation sites excluding steroid dienone is 6. The van der Waals surface area contributed by atoms with E-state index >= 15 is 0 Å². The van der Waals surface area contributed by atoms with E-state index in [1.54, 1.807) is 12.1 Å². The van der Waals surface area contributed by atoms with Crippen molar-refractivity contribution >= 4 is 17.6 Å². The summed E-state index contributed by atoms with van der Waals surface area (Å²) < 4.78 is 24.6. The Bertz CT molecular complexity index is 1130. The van der Waals surface area contributed by atoms with Gasteiger partial charge in [0.15, 0.2) is 0 Å². The number of nitrogens with one attached hydrogen (secondary N) is 1. The summed E-state index contributed by atoms with van der Waals surface area (Å²) in [5.74, 6) is 1.23. The Hall–Kier alpha value is -2.89. The van der Waals surface area contributed by atoms with Crippen LogP contribution in [0.5, 0.6) is 0 Å². The standard InChI is InChI=1S/C31H38FNO4.H2/c1-4-36-31(35)33-24-10-13-26-22(16-24)17-28-29(19(3)37-30(28)34)27(26)12-9-20-8-11-25(18(2)14-20)21-6-5-7-23(32)15-21;/h5-9,11-12,15,18-19,22,24,26-29H,4,10,13-14,16-17H2,1-3H3,(H,33,35);1H/b12-9+;/t18?,19-,22-,24-,26+,27+,28-,29-;/m0./s1. The molecule has 8 atom stereocenters. The average molecular weight is 510 g/mol. The van der Waals surface area contributed by atoms with E-state index in [1.807, 2.05) is 19.9 Å². The number of benzene rings is 1. The summed E-state index contributed by atoms with van der Waals surface area (Å²) >= 11 is 0. The lowest BCUT2D eigenvalue weighted by molar-refractivity contribution is -0.144. The number of cyclic esters (lactones) is 1. The number of amides is 1. The highest BCUT2D eigenvalue weighted by Crippen LogP contribution is 2.53. The molecule has 37 heavy (non-hydrogen) atoms. The van der Waals surface area contributed by atoms with E-state index in [1.165, 1.54) is 11.6 Å². The molecule has 1 amide bonds. The van der Waals surface area contributed by atoms with Crippen LogP contribution < -0.4 is 5.32 Å². The number of hydrogen-bond acceptors (Lipinski definition) is 4. The normalized spacial score (nSPS) is 35.2. The Balaban J connectivity index is 0.00000336. The number of fused-ring (bicyclic) bond motifs is 2. The Morgan fingerprint density at radius 1 is 1.24 bits per heavy atom. The number of rotatable bonds is 5. The third-order valence-electron chi connectivity index (χ3n) is 8.99. The maximum Gasteiger partial charge on any atom is 0.407 e. The van der Waals surface area contributed by atoms with Crippen molar-refractivity contribution in [1.29, 1.82) is 0 Å². The number of carbonyl (C=O) groups excluding carboxylic acids is 2. The first kappa shape index (κ1) is 25.7. The number of halogens is 1. The number of alkyl carbamates (subject to hydrolysis) is 1. The van der Waals surface area contributed by atoms with Gasteiger partial charge in [0.25, 0.3) is 0 Å². The Morgan fingerprint density at radius 3 is 2.84 bits per heavy atom. The van der Waals surface area contributed by atoms with Crippen molar-refractivity contribution in [3.8, 4) is 0 Å². The summed E-state index contributed by atoms with van der Waals surface area (Å²) in [6.07, 6.45) is 13.0. The van der Waals surface area contributed by atoms with Gasteiger partial charge in [0, 0.05) is 13.4 Å². The van der Waals surface area contributed by atoms with Gasteiger partial charge in [0.2, 0.25) is 0 Å². The van der Waals surface area contributed by atoms with Crippen LogP contribution in [-0.2, 0) is 14.3 Å². The summed E-state index contributed by atoms with van der Waals surface area (Å²) in [5, 5.41) is 3.02. The lowest BCUT2D eigenvalue weighted by Crippen LogP contribution is -2.48. The molecular formula is C31H40FNO4. The molecule has 3 fully saturated rings. The van der Waals surface area contributed by atoms with Crippen molar-refractivity contribution in [2.24, 2.45) is 35.5 Å². The molecule has 1 N–H and O–H groups in total. The molecule has 4 aliphatic rings. The predicted molar refractivity (Wildman–Crippen MR) is 143 cm³/mol. The number of ether oxygens (including phenoxy) is 2. The first-order chi connectivity index (χ1) is 17.8. The van der Waals surface area contributed by atoms with Crippen LogP contribution in [0.15, 0.2) is 54.1 Å². The van der Waals surface area contributed by atoms with E-state index in [2.05, 4.69) is 36.5 Å². The van der Waals surface area contributed by atoms with Crippen molar-refractivity contribution in [2.75, 3.05) is 6.61 Å². The first-order valence-corrected chi connectivity index (χ1v) is 13.8. The Labute approximate surface area is 220 Å². The van der Waals surface area contributed by atoms with Gasteiger partial charge < -0.3 is 14.8 Å². The maximum absolute atomic E-state index is 13.8. The number of hydrogen-bond donors (Lipinski definition) is 1. The maximum atomic E-state index is 13.8. The molecule has 1 aromatic carbocycles. The third kappa shape index (κ3) is 5.39. The fourth-order valence-corrected chi connectivity index (χ4v) is 7.39. The van der Waals surface area contributed by atoms with Gasteiger partial charge in [0.1, 0.15) is 11.9 Å². The highest BCUT2D eigenvalue weighted by atomic mass is 19.1. The molecule has 1 aromatic rings. The quantitative estimate of drug-likeness (QED) is 0.448. The zero-order valence-corrected chi connectivity index (χ0v) is 22.0. The van der Waals surface area contributed by atoms with Crippen molar-refractivity contribution in [1.82, 2.24) is 5.32 Å². The molecule has 0 bridgehead atoms. The topological polar surface area (TPSA) is 64.6 Å². The van der Waals surface area contributed by atoms with E-state index in [0.29, 0.717) is 18.4 Å². The zero-order valence-electron chi connectivity index (χ0n) is 22.0. The zero-order chi connectivity index (χ0) is 26.1. The lowest BCUT2D eigenvalue weighted by Gasteiger charge is -2.47. The van der Waals surface area contributed by atoms with Crippen molar-refractivity contribution in [3.63, 3.8) is 0 Å². The molecule has 0 radical (unpaired) electrons. The molecule has 0 aromatic heterocycles. The summed E-state index contributed by atoms with van der Waals surface area (Å²) in [7, 11) is 0. The van der Waals surface area contributed by atoms with Gasteiger partial charge in [-0.15, -0.1) is 0 Å². The second-order valence-corrected chi connectivity index (χ2v) is 11.3. The fraction of sp³-hybridized carbons (Fsp3) is 0.548. The monoisotopic (exact) mass is 509 g/mol. The van der Waals surface area contributed by atoms with Crippen LogP contribution >= 0.6 is 0 Å². The molecule has 0 spiro atoms. The van der Waals surface area contributed by atoms with Crippen LogP contribution in [0.2, 0.25) is 0 Å². The largest absolute Gasteiger partial charge is 0.462 e. The van der Waals surface area contributed by atoms with Gasteiger partial charge >= 0.3 is 12.1 Å². The minimum atomic E-state index is -0.353. The van der Waals surface area contributed by atoms with Crippen molar-refractivity contribution < 1.29 is 24.9 Å². The minimum absolute atomic E-state index is 0. The summed E-state index contributed by atoms with van der Waals surface area (Å²) in [6.45, 7) is 6.39. The van der Waals surface area contributed by atoms with Crippen molar-refractivity contribution in [3.05, 3.63) is 65.5 Å². The van der Waals surface area contributed by atoms with Gasteiger partial charge in [-0.05, 0) is 98.5 Å². The molecular weight excluding hydrogens is 469 g/mol. The molecule has 6 heteroatoms. The molecule has 1 saturated heterocycles. The second kappa shape index (κ2) is 10.8. The molecule has 5 rings (SSSR count). The SMILES string of the molecule is CCOC(=O)N[C@H]1CC[C@@H]2[C@@H](C1)C[C@@H]1C(=O)O[C@@H](C)[C@H]1[C@@H]2/C=C/C1=CC=C(c2cccc(F)c2)C(C)C1.[HH].